The van der Waals surface area contributed by atoms with Crippen LogP contribution in [0.5, 0.6) is 0 Å². The summed E-state index contributed by atoms with van der Waals surface area (Å²) < 4.78 is 0. The van der Waals surface area contributed by atoms with Gasteiger partial charge in [0.15, 0.2) is 0 Å². The lowest BCUT2D eigenvalue weighted by atomic mass is 10.0. The van der Waals surface area contributed by atoms with E-state index in [0.29, 0.717) is 0 Å². The molecule has 0 unspecified atom stereocenters. The lowest BCUT2D eigenvalue weighted by molar-refractivity contribution is 1.24. The zero-order chi connectivity index (χ0) is 12.5. The monoisotopic (exact) mass is 227 g/mol. The van der Waals surface area contributed by atoms with Crippen molar-refractivity contribution in [3.63, 3.8) is 0 Å². The van der Waals surface area contributed by atoms with E-state index in [1.807, 2.05) is 26.0 Å². The van der Waals surface area contributed by atoms with Crippen molar-refractivity contribution < 1.29 is 0 Å². The Labute approximate surface area is 105 Å². The van der Waals surface area contributed by atoms with Crippen molar-refractivity contribution in [1.29, 1.82) is 0 Å². The summed E-state index contributed by atoms with van der Waals surface area (Å²) in [7, 11) is 0. The van der Waals surface area contributed by atoms with Crippen molar-refractivity contribution in [2.75, 3.05) is 11.9 Å². The Kier molecular flexibility index (Phi) is 5.87. The van der Waals surface area contributed by atoms with Gasteiger partial charge in [0.1, 0.15) is 0 Å². The van der Waals surface area contributed by atoms with Gasteiger partial charge in [-0.25, -0.2) is 0 Å². The van der Waals surface area contributed by atoms with Crippen LogP contribution in [0.25, 0.3) is 6.08 Å². The van der Waals surface area contributed by atoms with Gasteiger partial charge in [-0.1, -0.05) is 36.4 Å². The normalized spacial score (nSPS) is 11.2. The molecule has 1 N–H and O–H groups in total. The second-order valence-corrected chi connectivity index (χ2v) is 3.86. The van der Waals surface area contributed by atoms with Crippen LogP contribution in [0.1, 0.15) is 25.0 Å². The van der Waals surface area contributed by atoms with Crippen molar-refractivity contribution in [3.05, 3.63) is 60.2 Å². The fourth-order valence-corrected chi connectivity index (χ4v) is 1.68. The zero-order valence-electron chi connectivity index (χ0n) is 10.7. The standard InChI is InChI=1S/C16H21N/c1-4-7-12-17-16-11-10-14(8-5-2)15(13-16)9-6-3/h4-8,10-11,13,17H,3,9,12H2,1-2H3/b7-4-,8-5+. The smallest absolute Gasteiger partial charge is 0.0345 e. The number of benzene rings is 1. The van der Waals surface area contributed by atoms with Gasteiger partial charge in [0, 0.05) is 12.2 Å². The Balaban J connectivity index is 2.88. The Morgan fingerprint density at radius 3 is 2.71 bits per heavy atom. The summed E-state index contributed by atoms with van der Waals surface area (Å²) in [4.78, 5) is 0. The van der Waals surface area contributed by atoms with Crippen LogP contribution < -0.4 is 5.32 Å². The van der Waals surface area contributed by atoms with Crippen molar-refractivity contribution in [3.8, 4) is 0 Å². The second-order valence-electron chi connectivity index (χ2n) is 3.86. The summed E-state index contributed by atoms with van der Waals surface area (Å²) in [5.74, 6) is 0. The molecule has 0 aliphatic carbocycles. The number of allylic oxidation sites excluding steroid dienone is 3. The first-order valence-electron chi connectivity index (χ1n) is 6.03. The number of nitrogens with one attached hydrogen (secondary N) is 1. The first-order valence-corrected chi connectivity index (χ1v) is 6.03. The quantitative estimate of drug-likeness (QED) is 0.709. The largest absolute Gasteiger partial charge is 0.382 e. The zero-order valence-corrected chi connectivity index (χ0v) is 10.7. The first-order chi connectivity index (χ1) is 8.31. The molecule has 1 aromatic carbocycles. The summed E-state index contributed by atoms with van der Waals surface area (Å²) >= 11 is 0. The van der Waals surface area contributed by atoms with Crippen LogP contribution in [0, 0.1) is 0 Å². The van der Waals surface area contributed by atoms with E-state index in [9.17, 15) is 0 Å². The maximum atomic E-state index is 3.81. The van der Waals surface area contributed by atoms with Crippen molar-refractivity contribution >= 4 is 11.8 Å². The van der Waals surface area contributed by atoms with E-state index in [1.165, 1.54) is 11.1 Å². The molecule has 0 saturated carbocycles. The summed E-state index contributed by atoms with van der Waals surface area (Å²) in [6.07, 6.45) is 11.2. The predicted octanol–water partition coefficient (Wildman–Crippen LogP) is 4.44. The molecular formula is C16H21N. The van der Waals surface area contributed by atoms with E-state index in [2.05, 4.69) is 48.3 Å². The molecule has 0 aliphatic rings. The van der Waals surface area contributed by atoms with E-state index in [-0.39, 0.29) is 0 Å². The molecule has 0 radical (unpaired) electrons. The van der Waals surface area contributed by atoms with Gasteiger partial charge in [-0.15, -0.1) is 6.58 Å². The molecule has 0 atom stereocenters. The molecular weight excluding hydrogens is 206 g/mol. The molecule has 0 amide bonds. The van der Waals surface area contributed by atoms with Crippen molar-refractivity contribution in [1.82, 2.24) is 0 Å². The SMILES string of the molecule is C=CCc1cc(NC/C=C\C)ccc1/C=C/C. The molecule has 1 heteroatoms. The van der Waals surface area contributed by atoms with Crippen LogP contribution in [0.2, 0.25) is 0 Å². The minimum absolute atomic E-state index is 0.868. The minimum atomic E-state index is 0.868. The van der Waals surface area contributed by atoms with Crippen LogP contribution in [0.4, 0.5) is 5.69 Å². The molecule has 1 nitrogen and oxygen atoms in total. The molecule has 1 rings (SSSR count). The summed E-state index contributed by atoms with van der Waals surface area (Å²) in [5.41, 5.74) is 3.74. The van der Waals surface area contributed by atoms with E-state index in [1.54, 1.807) is 0 Å². The molecule has 0 bridgehead atoms. The fourth-order valence-electron chi connectivity index (χ4n) is 1.68. The summed E-state index contributed by atoms with van der Waals surface area (Å²) in [6.45, 7) is 8.74. The van der Waals surface area contributed by atoms with Gasteiger partial charge >= 0.3 is 0 Å². The van der Waals surface area contributed by atoms with E-state index >= 15 is 0 Å². The molecule has 0 aliphatic heterocycles. The molecule has 90 valence electrons. The van der Waals surface area contributed by atoms with Gasteiger partial charge in [0.2, 0.25) is 0 Å². The Morgan fingerprint density at radius 2 is 2.06 bits per heavy atom. The van der Waals surface area contributed by atoms with Crippen LogP contribution in [-0.2, 0) is 6.42 Å². The highest BCUT2D eigenvalue weighted by Gasteiger charge is 1.99. The molecule has 0 fully saturated rings. The average Bonchev–Trinajstić information content (AvgIpc) is 2.33. The lowest BCUT2D eigenvalue weighted by Crippen LogP contribution is -1.99. The topological polar surface area (TPSA) is 12.0 Å². The third-order valence-corrected chi connectivity index (χ3v) is 2.51. The second kappa shape index (κ2) is 7.50. The van der Waals surface area contributed by atoms with Crippen LogP contribution in [0.3, 0.4) is 0 Å². The highest BCUT2D eigenvalue weighted by Crippen LogP contribution is 2.18. The molecule has 0 saturated heterocycles. The van der Waals surface area contributed by atoms with E-state index in [4.69, 9.17) is 0 Å². The van der Waals surface area contributed by atoms with Gasteiger partial charge < -0.3 is 5.32 Å². The minimum Gasteiger partial charge on any atom is -0.382 e. The number of anilines is 1. The average molecular weight is 227 g/mol. The van der Waals surface area contributed by atoms with E-state index in [0.717, 1.165) is 18.7 Å². The van der Waals surface area contributed by atoms with Crippen LogP contribution >= 0.6 is 0 Å². The van der Waals surface area contributed by atoms with Gasteiger partial charge in [0.05, 0.1) is 0 Å². The van der Waals surface area contributed by atoms with Crippen LogP contribution in [0.15, 0.2) is 49.1 Å². The molecule has 17 heavy (non-hydrogen) atoms. The summed E-state index contributed by atoms with van der Waals surface area (Å²) in [6, 6.07) is 6.46. The van der Waals surface area contributed by atoms with Crippen LogP contribution in [-0.4, -0.2) is 6.54 Å². The van der Waals surface area contributed by atoms with Crippen molar-refractivity contribution in [2.24, 2.45) is 0 Å². The molecule has 0 spiro atoms. The Hall–Kier alpha value is -1.76. The Bertz CT molecular complexity index is 414. The lowest BCUT2D eigenvalue weighted by Gasteiger charge is -2.09. The Morgan fingerprint density at radius 1 is 1.24 bits per heavy atom. The summed E-state index contributed by atoms with van der Waals surface area (Å²) in [5, 5.41) is 3.37. The highest BCUT2D eigenvalue weighted by atomic mass is 14.8. The first kappa shape index (κ1) is 13.3. The maximum Gasteiger partial charge on any atom is 0.0345 e. The van der Waals surface area contributed by atoms with Gasteiger partial charge in [-0.2, -0.15) is 0 Å². The van der Waals surface area contributed by atoms with Gasteiger partial charge in [0.25, 0.3) is 0 Å². The van der Waals surface area contributed by atoms with Gasteiger partial charge in [-0.05, 0) is 43.5 Å². The number of hydrogen-bond acceptors (Lipinski definition) is 1. The van der Waals surface area contributed by atoms with E-state index < -0.39 is 0 Å². The third kappa shape index (κ3) is 4.31. The fraction of sp³-hybridized carbons (Fsp3) is 0.250. The van der Waals surface area contributed by atoms with Crippen molar-refractivity contribution in [2.45, 2.75) is 20.3 Å². The third-order valence-electron chi connectivity index (χ3n) is 2.51. The molecule has 1 aromatic rings. The highest BCUT2D eigenvalue weighted by molar-refractivity contribution is 5.60. The van der Waals surface area contributed by atoms with Gasteiger partial charge in [-0.3, -0.25) is 0 Å². The molecule has 0 aromatic heterocycles. The molecule has 0 heterocycles. The number of rotatable bonds is 6. The predicted molar refractivity (Wildman–Crippen MR) is 78.4 cm³/mol. The number of hydrogen-bond donors (Lipinski definition) is 1. The maximum absolute atomic E-state index is 3.81.